The van der Waals surface area contributed by atoms with Crippen LogP contribution in [0.2, 0.25) is 0 Å². The first kappa shape index (κ1) is 19.4. The summed E-state index contributed by atoms with van der Waals surface area (Å²) in [5.74, 6) is 1.26. The average molecular weight is 380 g/mol. The Bertz CT molecular complexity index is 952. The van der Waals surface area contributed by atoms with Gasteiger partial charge in [0.1, 0.15) is 18.1 Å². The van der Waals surface area contributed by atoms with E-state index in [9.17, 15) is 4.79 Å². The molecule has 0 unspecified atom stereocenters. The van der Waals surface area contributed by atoms with Crippen molar-refractivity contribution < 1.29 is 14.3 Å². The highest BCUT2D eigenvalue weighted by Gasteiger charge is 2.13. The second-order valence-corrected chi connectivity index (χ2v) is 6.22. The van der Waals surface area contributed by atoms with E-state index >= 15 is 0 Å². The van der Waals surface area contributed by atoms with E-state index in [1.165, 1.54) is 0 Å². The standard InChI is InChI=1S/C21H24N4O3/c1-25-18(9-11-23-25)17-14-16(7-8-20(17)28-12-10-22)24-21(26)13-15-5-3-4-6-19(15)27-2/h3-9,11,14H,10,12-13,22H2,1-2H3,(H,24,26). The zero-order valence-corrected chi connectivity index (χ0v) is 16.0. The molecule has 0 saturated heterocycles. The fraction of sp³-hybridized carbons (Fsp3) is 0.238. The topological polar surface area (TPSA) is 91.4 Å². The van der Waals surface area contributed by atoms with Crippen molar-refractivity contribution in [2.45, 2.75) is 6.42 Å². The number of nitrogens with zero attached hydrogens (tertiary/aromatic N) is 2. The molecule has 0 bridgehead atoms. The number of amides is 1. The number of aromatic nitrogens is 2. The molecule has 0 fully saturated rings. The van der Waals surface area contributed by atoms with Crippen LogP contribution in [-0.2, 0) is 18.3 Å². The van der Waals surface area contributed by atoms with Crippen molar-refractivity contribution in [2.75, 3.05) is 25.6 Å². The van der Waals surface area contributed by atoms with Crippen molar-refractivity contribution in [2.24, 2.45) is 12.8 Å². The Morgan fingerprint density at radius 2 is 2.00 bits per heavy atom. The van der Waals surface area contributed by atoms with E-state index in [1.54, 1.807) is 18.0 Å². The summed E-state index contributed by atoms with van der Waals surface area (Å²) in [6, 6.07) is 14.9. The zero-order chi connectivity index (χ0) is 19.9. The summed E-state index contributed by atoms with van der Waals surface area (Å²) < 4.78 is 12.8. The highest BCUT2D eigenvalue weighted by atomic mass is 16.5. The molecule has 28 heavy (non-hydrogen) atoms. The number of carbonyl (C=O) groups is 1. The molecule has 146 valence electrons. The Morgan fingerprint density at radius 3 is 2.71 bits per heavy atom. The Kier molecular flexibility index (Phi) is 6.29. The lowest BCUT2D eigenvalue weighted by Crippen LogP contribution is -2.15. The second-order valence-electron chi connectivity index (χ2n) is 6.22. The first-order chi connectivity index (χ1) is 13.6. The number of hydrogen-bond donors (Lipinski definition) is 2. The zero-order valence-electron chi connectivity index (χ0n) is 16.0. The van der Waals surface area contributed by atoms with Gasteiger partial charge in [-0.15, -0.1) is 0 Å². The molecule has 3 N–H and O–H groups in total. The third-order valence-corrected chi connectivity index (χ3v) is 4.28. The van der Waals surface area contributed by atoms with Crippen LogP contribution in [0.1, 0.15) is 5.56 Å². The lowest BCUT2D eigenvalue weighted by Gasteiger charge is -2.14. The van der Waals surface area contributed by atoms with E-state index in [2.05, 4.69) is 10.4 Å². The largest absolute Gasteiger partial charge is 0.496 e. The maximum Gasteiger partial charge on any atom is 0.228 e. The number of anilines is 1. The molecule has 7 nitrogen and oxygen atoms in total. The summed E-state index contributed by atoms with van der Waals surface area (Å²) in [5, 5.41) is 7.16. The van der Waals surface area contributed by atoms with Crippen LogP contribution < -0.4 is 20.5 Å². The van der Waals surface area contributed by atoms with Gasteiger partial charge < -0.3 is 20.5 Å². The minimum Gasteiger partial charge on any atom is -0.496 e. The number of hydrogen-bond acceptors (Lipinski definition) is 5. The summed E-state index contributed by atoms with van der Waals surface area (Å²) >= 11 is 0. The lowest BCUT2D eigenvalue weighted by atomic mass is 10.1. The van der Waals surface area contributed by atoms with E-state index in [1.807, 2.05) is 55.6 Å². The number of carbonyl (C=O) groups excluding carboxylic acids is 1. The Morgan fingerprint density at radius 1 is 1.18 bits per heavy atom. The van der Waals surface area contributed by atoms with Crippen LogP contribution in [0.3, 0.4) is 0 Å². The quantitative estimate of drug-likeness (QED) is 0.627. The smallest absolute Gasteiger partial charge is 0.228 e. The van der Waals surface area contributed by atoms with Crippen LogP contribution in [0.5, 0.6) is 11.5 Å². The summed E-state index contributed by atoms with van der Waals surface area (Å²) in [4.78, 5) is 12.5. The number of ether oxygens (including phenoxy) is 2. The van der Waals surface area contributed by atoms with Crippen LogP contribution in [0.25, 0.3) is 11.3 Å². The highest BCUT2D eigenvalue weighted by molar-refractivity contribution is 5.93. The minimum atomic E-state index is -0.129. The number of methoxy groups -OCH3 is 1. The molecular formula is C21H24N4O3. The van der Waals surface area contributed by atoms with Gasteiger partial charge in [-0.2, -0.15) is 5.10 Å². The summed E-state index contributed by atoms with van der Waals surface area (Å²) in [5.41, 5.74) is 8.78. The van der Waals surface area contributed by atoms with E-state index in [0.29, 0.717) is 30.3 Å². The molecule has 1 heterocycles. The fourth-order valence-electron chi connectivity index (χ4n) is 2.97. The number of aryl methyl sites for hydroxylation is 1. The third kappa shape index (κ3) is 4.50. The lowest BCUT2D eigenvalue weighted by molar-refractivity contribution is -0.115. The maximum atomic E-state index is 12.5. The second kappa shape index (κ2) is 9.05. The molecule has 1 aromatic heterocycles. The third-order valence-electron chi connectivity index (χ3n) is 4.28. The van der Waals surface area contributed by atoms with Crippen molar-refractivity contribution in [1.29, 1.82) is 0 Å². The van der Waals surface area contributed by atoms with Crippen LogP contribution in [0.4, 0.5) is 5.69 Å². The van der Waals surface area contributed by atoms with Gasteiger partial charge in [-0.05, 0) is 30.3 Å². The van der Waals surface area contributed by atoms with Gasteiger partial charge in [0, 0.05) is 36.6 Å². The Balaban J connectivity index is 1.82. The first-order valence-electron chi connectivity index (χ1n) is 8.99. The van der Waals surface area contributed by atoms with E-state index in [4.69, 9.17) is 15.2 Å². The molecule has 2 aromatic carbocycles. The van der Waals surface area contributed by atoms with Crippen molar-refractivity contribution in [1.82, 2.24) is 9.78 Å². The number of nitrogens with two attached hydrogens (primary N) is 1. The predicted octanol–water partition coefficient (Wildman–Crippen LogP) is 2.61. The molecule has 0 aliphatic carbocycles. The normalized spacial score (nSPS) is 10.5. The summed E-state index contributed by atoms with van der Waals surface area (Å²) in [7, 11) is 3.45. The number of rotatable bonds is 8. The van der Waals surface area contributed by atoms with Gasteiger partial charge in [0.05, 0.1) is 19.2 Å². The molecule has 0 radical (unpaired) electrons. The van der Waals surface area contributed by atoms with Crippen LogP contribution in [-0.4, -0.2) is 35.9 Å². The highest BCUT2D eigenvalue weighted by Crippen LogP contribution is 2.32. The van der Waals surface area contributed by atoms with Crippen molar-refractivity contribution in [3.63, 3.8) is 0 Å². The van der Waals surface area contributed by atoms with Gasteiger partial charge in [-0.25, -0.2) is 0 Å². The van der Waals surface area contributed by atoms with Gasteiger partial charge in [0.2, 0.25) is 5.91 Å². The molecule has 0 saturated carbocycles. The monoisotopic (exact) mass is 380 g/mol. The summed E-state index contributed by atoms with van der Waals surface area (Å²) in [6.45, 7) is 0.826. The number of benzene rings is 2. The van der Waals surface area contributed by atoms with Gasteiger partial charge in [-0.1, -0.05) is 18.2 Å². The van der Waals surface area contributed by atoms with Gasteiger partial charge in [0.25, 0.3) is 0 Å². The Hall–Kier alpha value is -3.32. The molecule has 3 rings (SSSR count). The predicted molar refractivity (Wildman–Crippen MR) is 109 cm³/mol. The van der Waals surface area contributed by atoms with Crippen molar-refractivity contribution in [3.8, 4) is 22.8 Å². The van der Waals surface area contributed by atoms with Gasteiger partial charge >= 0.3 is 0 Å². The van der Waals surface area contributed by atoms with Crippen LogP contribution in [0, 0.1) is 0 Å². The van der Waals surface area contributed by atoms with Crippen molar-refractivity contribution >= 4 is 11.6 Å². The molecule has 0 aliphatic heterocycles. The molecule has 3 aromatic rings. The average Bonchev–Trinajstić information content (AvgIpc) is 3.13. The van der Waals surface area contributed by atoms with Crippen LogP contribution in [0.15, 0.2) is 54.7 Å². The molecule has 0 atom stereocenters. The molecule has 0 aliphatic rings. The van der Waals surface area contributed by atoms with E-state index in [-0.39, 0.29) is 12.3 Å². The SMILES string of the molecule is COc1ccccc1CC(=O)Nc1ccc(OCCN)c(-c2ccnn2C)c1. The fourth-order valence-corrected chi connectivity index (χ4v) is 2.97. The molecular weight excluding hydrogens is 356 g/mol. The van der Waals surface area contributed by atoms with E-state index in [0.717, 1.165) is 16.8 Å². The van der Waals surface area contributed by atoms with Gasteiger partial charge in [-0.3, -0.25) is 9.48 Å². The minimum absolute atomic E-state index is 0.129. The molecule has 7 heteroatoms. The number of nitrogens with one attached hydrogen (secondary N) is 1. The van der Waals surface area contributed by atoms with Gasteiger partial charge in [0.15, 0.2) is 0 Å². The van der Waals surface area contributed by atoms with Crippen LogP contribution >= 0.6 is 0 Å². The molecule has 1 amide bonds. The van der Waals surface area contributed by atoms with Crippen molar-refractivity contribution in [3.05, 3.63) is 60.3 Å². The molecule has 0 spiro atoms. The Labute approximate surface area is 164 Å². The number of para-hydroxylation sites is 1. The first-order valence-corrected chi connectivity index (χ1v) is 8.99. The summed E-state index contributed by atoms with van der Waals surface area (Å²) in [6.07, 6.45) is 1.94. The van der Waals surface area contributed by atoms with E-state index < -0.39 is 0 Å². The maximum absolute atomic E-state index is 12.5.